The summed E-state index contributed by atoms with van der Waals surface area (Å²) >= 11 is 5.99. The van der Waals surface area contributed by atoms with E-state index in [4.69, 9.17) is 11.6 Å². The predicted octanol–water partition coefficient (Wildman–Crippen LogP) is 4.34. The molecule has 3 N–H and O–H groups in total. The van der Waals surface area contributed by atoms with Gasteiger partial charge in [0.2, 0.25) is 5.91 Å². The van der Waals surface area contributed by atoms with Crippen LogP contribution in [0.4, 0.5) is 11.4 Å². The fraction of sp³-hybridized carbons (Fsp3) is 0.111. The van der Waals surface area contributed by atoms with E-state index in [0.29, 0.717) is 22.0 Å². The molecule has 3 rings (SSSR count). The highest BCUT2D eigenvalue weighted by molar-refractivity contribution is 6.31. The van der Waals surface area contributed by atoms with Gasteiger partial charge in [0.15, 0.2) is 0 Å². The first-order valence-electron chi connectivity index (χ1n) is 7.41. The van der Waals surface area contributed by atoms with Gasteiger partial charge in [-0.15, -0.1) is 0 Å². The maximum absolute atomic E-state index is 12.7. The Hall–Kier alpha value is -2.79. The number of benzene rings is 2. The molecule has 0 radical (unpaired) electrons. The van der Waals surface area contributed by atoms with Gasteiger partial charge in [-0.2, -0.15) is 0 Å². The van der Waals surface area contributed by atoms with Gasteiger partial charge in [0, 0.05) is 39.9 Å². The van der Waals surface area contributed by atoms with Gasteiger partial charge in [0.1, 0.15) is 0 Å². The fourth-order valence-electron chi connectivity index (χ4n) is 2.67. The topological polar surface area (TPSA) is 74.0 Å². The second-order valence-electron chi connectivity index (χ2n) is 5.53. The maximum Gasteiger partial charge on any atom is 0.258 e. The molecular weight excluding hydrogens is 326 g/mol. The van der Waals surface area contributed by atoms with Crippen molar-refractivity contribution in [3.05, 3.63) is 58.7 Å². The molecule has 2 aromatic carbocycles. The monoisotopic (exact) mass is 341 g/mol. The number of carbonyl (C=O) groups excluding carboxylic acids is 2. The van der Waals surface area contributed by atoms with E-state index in [2.05, 4.69) is 15.6 Å². The second kappa shape index (κ2) is 6.37. The lowest BCUT2D eigenvalue weighted by molar-refractivity contribution is -0.114. The number of fused-ring (bicyclic) bond motifs is 1. The second-order valence-corrected chi connectivity index (χ2v) is 5.97. The molecule has 0 fully saturated rings. The van der Waals surface area contributed by atoms with Crippen molar-refractivity contribution in [1.82, 2.24) is 4.98 Å². The molecule has 1 aromatic heterocycles. The van der Waals surface area contributed by atoms with Crippen molar-refractivity contribution in [2.75, 3.05) is 10.6 Å². The van der Waals surface area contributed by atoms with Gasteiger partial charge >= 0.3 is 0 Å². The summed E-state index contributed by atoms with van der Waals surface area (Å²) in [6.45, 7) is 3.28. The van der Waals surface area contributed by atoms with E-state index in [9.17, 15) is 9.59 Å². The van der Waals surface area contributed by atoms with Crippen LogP contribution in [-0.2, 0) is 4.79 Å². The van der Waals surface area contributed by atoms with E-state index < -0.39 is 0 Å². The molecule has 0 aliphatic carbocycles. The third-order valence-corrected chi connectivity index (χ3v) is 3.85. The van der Waals surface area contributed by atoms with Gasteiger partial charge < -0.3 is 15.6 Å². The Morgan fingerprint density at radius 1 is 1.04 bits per heavy atom. The zero-order valence-corrected chi connectivity index (χ0v) is 14.0. The van der Waals surface area contributed by atoms with Crippen molar-refractivity contribution in [2.45, 2.75) is 13.8 Å². The van der Waals surface area contributed by atoms with Gasteiger partial charge in [-0.1, -0.05) is 23.7 Å². The van der Waals surface area contributed by atoms with Crippen molar-refractivity contribution in [3.63, 3.8) is 0 Å². The largest absolute Gasteiger partial charge is 0.358 e. The molecule has 0 spiro atoms. The maximum atomic E-state index is 12.7. The summed E-state index contributed by atoms with van der Waals surface area (Å²) in [6.07, 6.45) is 0. The smallest absolute Gasteiger partial charge is 0.258 e. The molecule has 0 unspecified atom stereocenters. The molecule has 0 aliphatic rings. The van der Waals surface area contributed by atoms with Crippen LogP contribution >= 0.6 is 11.6 Å². The summed E-state index contributed by atoms with van der Waals surface area (Å²) < 4.78 is 0. The Morgan fingerprint density at radius 3 is 2.46 bits per heavy atom. The highest BCUT2D eigenvalue weighted by Gasteiger charge is 2.16. The fourth-order valence-corrected chi connectivity index (χ4v) is 2.84. The summed E-state index contributed by atoms with van der Waals surface area (Å²) in [5.74, 6) is -0.385. The van der Waals surface area contributed by atoms with Crippen LogP contribution < -0.4 is 10.6 Å². The van der Waals surface area contributed by atoms with E-state index >= 15 is 0 Å². The zero-order chi connectivity index (χ0) is 17.3. The molecule has 5 nitrogen and oxygen atoms in total. The van der Waals surface area contributed by atoms with Crippen LogP contribution in [0.2, 0.25) is 5.02 Å². The molecular formula is C18H16ClN3O2. The van der Waals surface area contributed by atoms with Crippen LogP contribution in [0.25, 0.3) is 10.9 Å². The number of aryl methyl sites for hydroxylation is 1. The summed E-state index contributed by atoms with van der Waals surface area (Å²) in [7, 11) is 0. The van der Waals surface area contributed by atoms with Gasteiger partial charge in [-0.05, 0) is 37.3 Å². The van der Waals surface area contributed by atoms with Crippen molar-refractivity contribution in [2.24, 2.45) is 0 Å². The average molecular weight is 342 g/mol. The molecule has 24 heavy (non-hydrogen) atoms. The first kappa shape index (κ1) is 16.1. The highest BCUT2D eigenvalue weighted by atomic mass is 35.5. The van der Waals surface area contributed by atoms with Crippen molar-refractivity contribution in [1.29, 1.82) is 0 Å². The first-order valence-corrected chi connectivity index (χ1v) is 7.78. The Kier molecular flexibility index (Phi) is 4.27. The average Bonchev–Trinajstić information content (AvgIpc) is 2.81. The first-order chi connectivity index (χ1) is 11.4. The molecule has 1 heterocycles. The predicted molar refractivity (Wildman–Crippen MR) is 96.7 cm³/mol. The summed E-state index contributed by atoms with van der Waals surface area (Å²) in [4.78, 5) is 27.0. The molecule has 0 atom stereocenters. The number of nitrogens with one attached hydrogen (secondary N) is 3. The van der Waals surface area contributed by atoms with Crippen molar-refractivity contribution < 1.29 is 9.59 Å². The number of rotatable bonds is 3. The van der Waals surface area contributed by atoms with E-state index in [1.165, 1.54) is 6.92 Å². The molecule has 0 bridgehead atoms. The van der Waals surface area contributed by atoms with Gasteiger partial charge in [0.25, 0.3) is 5.91 Å². The standard InChI is InChI=1S/C18H16ClN3O2/c1-10-17(15-7-6-12(19)8-16(15)20-10)18(24)22-14-5-3-4-13(9-14)21-11(2)23/h3-9,20H,1-2H3,(H,21,23)(H,22,24). The van der Waals surface area contributed by atoms with Crippen LogP contribution in [0.3, 0.4) is 0 Å². The number of H-pyrrole nitrogens is 1. The van der Waals surface area contributed by atoms with Crippen LogP contribution in [0.5, 0.6) is 0 Å². The zero-order valence-electron chi connectivity index (χ0n) is 13.2. The number of halogens is 1. The minimum atomic E-state index is -0.221. The molecule has 0 saturated carbocycles. The van der Waals surface area contributed by atoms with Crippen LogP contribution in [0.1, 0.15) is 23.0 Å². The van der Waals surface area contributed by atoms with Crippen LogP contribution in [0, 0.1) is 6.92 Å². The number of aromatic amines is 1. The number of anilines is 2. The van der Waals surface area contributed by atoms with Crippen molar-refractivity contribution in [3.8, 4) is 0 Å². The molecule has 2 amide bonds. The SMILES string of the molecule is CC(=O)Nc1cccc(NC(=O)c2c(C)[nH]c3cc(Cl)ccc23)c1. The van der Waals surface area contributed by atoms with Gasteiger partial charge in [-0.3, -0.25) is 9.59 Å². The van der Waals surface area contributed by atoms with Gasteiger partial charge in [-0.25, -0.2) is 0 Å². The normalized spacial score (nSPS) is 10.6. The molecule has 0 aliphatic heterocycles. The Morgan fingerprint density at radius 2 is 1.75 bits per heavy atom. The number of hydrogen-bond acceptors (Lipinski definition) is 2. The number of hydrogen-bond donors (Lipinski definition) is 3. The lowest BCUT2D eigenvalue weighted by Crippen LogP contribution is -2.13. The molecule has 6 heteroatoms. The Labute approximate surface area is 144 Å². The van der Waals surface area contributed by atoms with Crippen LogP contribution in [0.15, 0.2) is 42.5 Å². The number of carbonyl (C=O) groups is 2. The number of aromatic nitrogens is 1. The van der Waals surface area contributed by atoms with Crippen molar-refractivity contribution >= 4 is 45.7 Å². The summed E-state index contributed by atoms with van der Waals surface area (Å²) in [5, 5.41) is 6.97. The van der Waals surface area contributed by atoms with E-state index in [1.807, 2.05) is 13.0 Å². The minimum Gasteiger partial charge on any atom is -0.358 e. The van der Waals surface area contributed by atoms with E-state index in [1.54, 1.807) is 36.4 Å². The van der Waals surface area contributed by atoms with Gasteiger partial charge in [0.05, 0.1) is 5.56 Å². The Bertz CT molecular complexity index is 947. The lowest BCUT2D eigenvalue weighted by Gasteiger charge is -2.08. The van der Waals surface area contributed by atoms with E-state index in [0.717, 1.165) is 16.6 Å². The molecule has 122 valence electrons. The summed E-state index contributed by atoms with van der Waals surface area (Å²) in [6, 6.07) is 12.4. The van der Waals surface area contributed by atoms with Crippen LogP contribution in [-0.4, -0.2) is 16.8 Å². The third kappa shape index (κ3) is 3.26. The Balaban J connectivity index is 1.90. The lowest BCUT2D eigenvalue weighted by atomic mass is 10.1. The quantitative estimate of drug-likeness (QED) is 0.663. The molecule has 3 aromatic rings. The number of amides is 2. The highest BCUT2D eigenvalue weighted by Crippen LogP contribution is 2.26. The molecule has 0 saturated heterocycles. The minimum absolute atomic E-state index is 0.164. The third-order valence-electron chi connectivity index (χ3n) is 3.62. The summed E-state index contributed by atoms with van der Waals surface area (Å²) in [5.41, 5.74) is 3.39. The van der Waals surface area contributed by atoms with E-state index in [-0.39, 0.29) is 11.8 Å².